The van der Waals surface area contributed by atoms with Crippen LogP contribution in [-0.2, 0) is 13.2 Å². The molecule has 0 saturated heterocycles. The Balaban J connectivity index is 2.01. The monoisotopic (exact) mass is 308 g/mol. The Bertz CT molecular complexity index is 842. The molecule has 8 heteroatoms. The van der Waals surface area contributed by atoms with Crippen molar-refractivity contribution in [2.75, 3.05) is 5.73 Å². The van der Waals surface area contributed by atoms with E-state index in [1.54, 1.807) is 23.9 Å². The molecule has 1 aromatic heterocycles. The lowest BCUT2D eigenvalue weighted by atomic mass is 10.1. The van der Waals surface area contributed by atoms with Crippen molar-refractivity contribution in [3.63, 3.8) is 0 Å². The van der Waals surface area contributed by atoms with E-state index in [9.17, 15) is 13.2 Å². The van der Waals surface area contributed by atoms with Crippen LogP contribution >= 0.6 is 0 Å². The number of fused-ring (bicyclic) bond motifs is 1. The third-order valence-corrected chi connectivity index (χ3v) is 3.12. The van der Waals surface area contributed by atoms with E-state index in [0.29, 0.717) is 5.52 Å². The van der Waals surface area contributed by atoms with Gasteiger partial charge in [0, 0.05) is 18.8 Å². The number of nitrogens with two attached hydrogens (primary N) is 1. The van der Waals surface area contributed by atoms with E-state index in [4.69, 9.17) is 10.5 Å². The summed E-state index contributed by atoms with van der Waals surface area (Å²) in [5.74, 6) is -0.0757. The summed E-state index contributed by atoms with van der Waals surface area (Å²) in [5, 5.41) is 7.72. The van der Waals surface area contributed by atoms with Gasteiger partial charge in [0.1, 0.15) is 22.6 Å². The van der Waals surface area contributed by atoms with Gasteiger partial charge in [-0.15, -0.1) is 5.10 Å². The Morgan fingerprint density at radius 3 is 2.64 bits per heavy atom. The summed E-state index contributed by atoms with van der Waals surface area (Å²) < 4.78 is 46.0. The van der Waals surface area contributed by atoms with E-state index in [-0.39, 0.29) is 17.2 Å². The molecule has 114 valence electrons. The van der Waals surface area contributed by atoms with Crippen LogP contribution in [0.1, 0.15) is 5.56 Å². The van der Waals surface area contributed by atoms with E-state index in [1.165, 1.54) is 18.2 Å². The number of ether oxygens (including phenoxy) is 1. The fraction of sp³-hybridized carbons (Fsp3) is 0.143. The van der Waals surface area contributed by atoms with Crippen molar-refractivity contribution in [2.45, 2.75) is 6.18 Å². The number of halogens is 3. The maximum atomic E-state index is 13.0. The minimum absolute atomic E-state index is 0.0176. The number of rotatable bonds is 2. The Morgan fingerprint density at radius 1 is 1.14 bits per heavy atom. The SMILES string of the molecule is Cn1nnc2cc(Oc3ccc(N)cc3C(F)(F)F)ccc21. The molecule has 2 N–H and O–H groups in total. The van der Waals surface area contributed by atoms with E-state index in [1.807, 2.05) is 0 Å². The number of nitrogen functional groups attached to an aromatic ring is 1. The number of nitrogens with zero attached hydrogens (tertiary/aromatic N) is 3. The molecule has 0 aliphatic rings. The van der Waals surface area contributed by atoms with Crippen molar-refractivity contribution in [1.29, 1.82) is 0 Å². The van der Waals surface area contributed by atoms with Crippen LogP contribution in [0.4, 0.5) is 18.9 Å². The molecule has 3 rings (SSSR count). The van der Waals surface area contributed by atoms with Gasteiger partial charge >= 0.3 is 6.18 Å². The van der Waals surface area contributed by atoms with Crippen molar-refractivity contribution in [3.05, 3.63) is 42.0 Å². The van der Waals surface area contributed by atoms with Crippen molar-refractivity contribution < 1.29 is 17.9 Å². The van der Waals surface area contributed by atoms with Gasteiger partial charge < -0.3 is 10.5 Å². The molecule has 3 aromatic rings. The van der Waals surface area contributed by atoms with Gasteiger partial charge in [-0.2, -0.15) is 13.2 Å². The highest BCUT2D eigenvalue weighted by molar-refractivity contribution is 5.76. The number of alkyl halides is 3. The molecule has 0 saturated carbocycles. The Morgan fingerprint density at radius 2 is 1.91 bits per heavy atom. The summed E-state index contributed by atoms with van der Waals surface area (Å²) in [6.45, 7) is 0. The molecule has 0 aliphatic heterocycles. The van der Waals surface area contributed by atoms with Crippen LogP contribution in [0.5, 0.6) is 11.5 Å². The lowest BCUT2D eigenvalue weighted by Gasteiger charge is -2.14. The second-order valence-electron chi connectivity index (χ2n) is 4.72. The fourth-order valence-electron chi connectivity index (χ4n) is 2.07. The van der Waals surface area contributed by atoms with Gasteiger partial charge in [-0.1, -0.05) is 5.21 Å². The molecule has 5 nitrogen and oxygen atoms in total. The van der Waals surface area contributed by atoms with Crippen LogP contribution in [-0.4, -0.2) is 15.0 Å². The van der Waals surface area contributed by atoms with Gasteiger partial charge in [0.05, 0.1) is 5.52 Å². The first-order valence-corrected chi connectivity index (χ1v) is 6.28. The van der Waals surface area contributed by atoms with Crippen LogP contribution in [0.3, 0.4) is 0 Å². The molecule has 0 spiro atoms. The third kappa shape index (κ3) is 2.54. The fourth-order valence-corrected chi connectivity index (χ4v) is 2.07. The average molecular weight is 308 g/mol. The predicted octanol–water partition coefficient (Wildman–Crippen LogP) is 3.36. The number of aryl methyl sites for hydroxylation is 1. The zero-order chi connectivity index (χ0) is 15.9. The molecule has 22 heavy (non-hydrogen) atoms. The molecular weight excluding hydrogens is 297 g/mol. The van der Waals surface area contributed by atoms with Crippen LogP contribution in [0, 0.1) is 0 Å². The molecule has 2 aromatic carbocycles. The smallest absolute Gasteiger partial charge is 0.420 e. The standard InChI is InChI=1S/C14H11F3N4O/c1-21-12-4-3-9(7-11(12)19-20-21)22-13-5-2-8(18)6-10(13)14(15,16)17/h2-7H,18H2,1H3. The Hall–Kier alpha value is -2.77. The highest BCUT2D eigenvalue weighted by atomic mass is 19.4. The molecule has 0 atom stereocenters. The third-order valence-electron chi connectivity index (χ3n) is 3.12. The second-order valence-corrected chi connectivity index (χ2v) is 4.72. The quantitative estimate of drug-likeness (QED) is 0.737. The summed E-state index contributed by atoms with van der Waals surface area (Å²) in [5.41, 5.74) is 5.79. The van der Waals surface area contributed by atoms with Crippen molar-refractivity contribution in [2.24, 2.45) is 7.05 Å². The molecule has 0 fully saturated rings. The summed E-state index contributed by atoms with van der Waals surface area (Å²) >= 11 is 0. The summed E-state index contributed by atoms with van der Waals surface area (Å²) in [7, 11) is 1.72. The number of hydrogen-bond donors (Lipinski definition) is 1. The van der Waals surface area contributed by atoms with E-state index in [2.05, 4.69) is 10.3 Å². The van der Waals surface area contributed by atoms with Crippen LogP contribution < -0.4 is 10.5 Å². The maximum absolute atomic E-state index is 13.0. The molecule has 0 radical (unpaired) electrons. The van der Waals surface area contributed by atoms with E-state index in [0.717, 1.165) is 11.6 Å². The number of aromatic nitrogens is 3. The Labute approximate surface area is 123 Å². The first-order chi connectivity index (χ1) is 10.3. The van der Waals surface area contributed by atoms with Gasteiger partial charge in [0.25, 0.3) is 0 Å². The Kier molecular flexibility index (Phi) is 3.16. The minimum atomic E-state index is -4.55. The van der Waals surface area contributed by atoms with Crippen molar-refractivity contribution >= 4 is 16.7 Å². The molecule has 0 aliphatic carbocycles. The lowest BCUT2D eigenvalue weighted by molar-refractivity contribution is -0.138. The maximum Gasteiger partial charge on any atom is 0.420 e. The minimum Gasteiger partial charge on any atom is -0.457 e. The molecule has 0 bridgehead atoms. The summed E-state index contributed by atoms with van der Waals surface area (Å²) in [4.78, 5) is 0. The summed E-state index contributed by atoms with van der Waals surface area (Å²) in [6.07, 6.45) is -4.55. The van der Waals surface area contributed by atoms with Crippen molar-refractivity contribution in [3.8, 4) is 11.5 Å². The van der Waals surface area contributed by atoms with Gasteiger partial charge in [-0.05, 0) is 30.3 Å². The normalized spacial score (nSPS) is 11.8. The zero-order valence-electron chi connectivity index (χ0n) is 11.4. The highest BCUT2D eigenvalue weighted by Crippen LogP contribution is 2.39. The van der Waals surface area contributed by atoms with Gasteiger partial charge in [0.2, 0.25) is 0 Å². The number of hydrogen-bond acceptors (Lipinski definition) is 4. The van der Waals surface area contributed by atoms with Crippen LogP contribution in [0.25, 0.3) is 11.0 Å². The first-order valence-electron chi connectivity index (χ1n) is 6.28. The van der Waals surface area contributed by atoms with Crippen LogP contribution in [0.2, 0.25) is 0 Å². The largest absolute Gasteiger partial charge is 0.457 e. The van der Waals surface area contributed by atoms with Gasteiger partial charge in [0.15, 0.2) is 0 Å². The zero-order valence-corrected chi connectivity index (χ0v) is 11.4. The molecule has 0 unspecified atom stereocenters. The second kappa shape index (κ2) is 4.90. The number of anilines is 1. The van der Waals surface area contributed by atoms with Gasteiger partial charge in [-0.3, -0.25) is 0 Å². The highest BCUT2D eigenvalue weighted by Gasteiger charge is 2.34. The molecule has 1 heterocycles. The van der Waals surface area contributed by atoms with Crippen molar-refractivity contribution in [1.82, 2.24) is 15.0 Å². The van der Waals surface area contributed by atoms with Gasteiger partial charge in [-0.25, -0.2) is 4.68 Å². The molecule has 0 amide bonds. The summed E-state index contributed by atoms with van der Waals surface area (Å²) in [6, 6.07) is 8.15. The average Bonchev–Trinajstić information content (AvgIpc) is 2.81. The first kappa shape index (κ1) is 14.2. The lowest BCUT2D eigenvalue weighted by Crippen LogP contribution is -2.08. The molecular formula is C14H11F3N4O. The van der Waals surface area contributed by atoms with E-state index < -0.39 is 11.7 Å². The van der Waals surface area contributed by atoms with Crippen LogP contribution in [0.15, 0.2) is 36.4 Å². The predicted molar refractivity (Wildman–Crippen MR) is 74.4 cm³/mol. The number of benzene rings is 2. The van der Waals surface area contributed by atoms with E-state index >= 15 is 0 Å². The topological polar surface area (TPSA) is 66.0 Å².